The highest BCUT2D eigenvalue weighted by Crippen LogP contribution is 2.31. The molecule has 0 aliphatic heterocycles. The van der Waals surface area contributed by atoms with Crippen LogP contribution >= 0.6 is 0 Å². The van der Waals surface area contributed by atoms with Crippen LogP contribution in [-0.2, 0) is 15.7 Å². The van der Waals surface area contributed by atoms with E-state index >= 15 is 0 Å². The summed E-state index contributed by atoms with van der Waals surface area (Å²) in [5.74, 6) is -1.33. The summed E-state index contributed by atoms with van der Waals surface area (Å²) in [6, 6.07) is 4.06. The van der Waals surface area contributed by atoms with Crippen LogP contribution in [0.1, 0.15) is 17.2 Å². The van der Waals surface area contributed by atoms with Gasteiger partial charge >= 0.3 is 12.1 Å². The maximum atomic E-state index is 12.3. The highest BCUT2D eigenvalue weighted by atomic mass is 19.4. The molecule has 0 heterocycles. The highest BCUT2D eigenvalue weighted by molar-refractivity contribution is 5.74. The van der Waals surface area contributed by atoms with Crippen molar-refractivity contribution in [3.8, 4) is 0 Å². The average Bonchev–Trinajstić information content (AvgIpc) is 2.17. The lowest BCUT2D eigenvalue weighted by atomic mass is 10.1. The van der Waals surface area contributed by atoms with E-state index in [2.05, 4.69) is 4.74 Å². The van der Waals surface area contributed by atoms with Crippen molar-refractivity contribution in [1.82, 2.24) is 0 Å². The number of hydrogen-bond acceptors (Lipinski definition) is 2. The zero-order chi connectivity index (χ0) is 12.3. The van der Waals surface area contributed by atoms with Crippen LogP contribution in [0.4, 0.5) is 13.2 Å². The van der Waals surface area contributed by atoms with Gasteiger partial charge in [-0.05, 0) is 17.7 Å². The van der Waals surface area contributed by atoms with Gasteiger partial charge in [0.2, 0.25) is 0 Å². The molecule has 0 fully saturated rings. The van der Waals surface area contributed by atoms with Gasteiger partial charge in [-0.15, -0.1) is 0 Å². The molecule has 1 rings (SSSR count). The summed E-state index contributed by atoms with van der Waals surface area (Å²) < 4.78 is 41.6. The minimum Gasteiger partial charge on any atom is -0.479 e. The molecule has 1 N–H and O–H groups in total. The number of carbonyl (C=O) groups is 1. The molecule has 1 unspecified atom stereocenters. The SMILES string of the molecule is COC(C(=O)O)c1cccc(C(F)(F)F)c1. The van der Waals surface area contributed by atoms with Gasteiger partial charge in [0.15, 0.2) is 6.10 Å². The molecule has 0 spiro atoms. The Morgan fingerprint density at radius 2 is 2.06 bits per heavy atom. The summed E-state index contributed by atoms with van der Waals surface area (Å²) in [5, 5.41) is 8.71. The molecule has 1 atom stereocenters. The van der Waals surface area contributed by atoms with E-state index in [0.717, 1.165) is 25.3 Å². The van der Waals surface area contributed by atoms with E-state index in [1.54, 1.807) is 0 Å². The van der Waals surface area contributed by atoms with E-state index in [4.69, 9.17) is 5.11 Å². The standard InChI is InChI=1S/C10H9F3O3/c1-16-8(9(14)15)6-3-2-4-7(5-6)10(11,12)13/h2-5,8H,1H3,(H,14,15). The van der Waals surface area contributed by atoms with Crippen molar-refractivity contribution < 1.29 is 27.8 Å². The van der Waals surface area contributed by atoms with Gasteiger partial charge in [-0.25, -0.2) is 4.79 Å². The fraction of sp³-hybridized carbons (Fsp3) is 0.300. The molecule has 0 radical (unpaired) electrons. The van der Waals surface area contributed by atoms with E-state index in [1.165, 1.54) is 6.07 Å². The summed E-state index contributed by atoms with van der Waals surface area (Å²) in [7, 11) is 1.12. The predicted octanol–water partition coefficient (Wildman–Crippen LogP) is 2.48. The number of alkyl halides is 3. The smallest absolute Gasteiger partial charge is 0.416 e. The van der Waals surface area contributed by atoms with Crippen LogP contribution in [0.3, 0.4) is 0 Å². The Balaban J connectivity index is 3.11. The van der Waals surface area contributed by atoms with Crippen LogP contribution in [0.5, 0.6) is 0 Å². The van der Waals surface area contributed by atoms with E-state index < -0.39 is 23.8 Å². The van der Waals surface area contributed by atoms with Gasteiger partial charge in [0.05, 0.1) is 5.56 Å². The topological polar surface area (TPSA) is 46.5 Å². The Hall–Kier alpha value is -1.56. The highest BCUT2D eigenvalue weighted by Gasteiger charge is 2.31. The largest absolute Gasteiger partial charge is 0.479 e. The lowest BCUT2D eigenvalue weighted by molar-refractivity contribution is -0.149. The summed E-state index contributed by atoms with van der Waals surface area (Å²) in [4.78, 5) is 10.7. The minimum atomic E-state index is -4.49. The summed E-state index contributed by atoms with van der Waals surface area (Å²) in [6.07, 6.45) is -5.88. The van der Waals surface area contributed by atoms with E-state index in [1.807, 2.05) is 0 Å². The van der Waals surface area contributed by atoms with Gasteiger partial charge in [-0.3, -0.25) is 0 Å². The average molecular weight is 234 g/mol. The second-order valence-electron chi connectivity index (χ2n) is 3.08. The number of carboxylic acids is 1. The molecular formula is C10H9F3O3. The second-order valence-corrected chi connectivity index (χ2v) is 3.08. The van der Waals surface area contributed by atoms with Gasteiger partial charge in [-0.2, -0.15) is 13.2 Å². The lowest BCUT2D eigenvalue weighted by Crippen LogP contribution is -2.14. The third-order valence-electron chi connectivity index (χ3n) is 1.98. The third kappa shape index (κ3) is 2.73. The van der Waals surface area contributed by atoms with Crippen LogP contribution in [0.2, 0.25) is 0 Å². The van der Waals surface area contributed by atoms with Crippen molar-refractivity contribution in [2.45, 2.75) is 12.3 Å². The maximum absolute atomic E-state index is 12.3. The molecule has 0 amide bonds. The minimum absolute atomic E-state index is 0.0372. The Bertz CT molecular complexity index is 387. The Morgan fingerprint density at radius 1 is 1.44 bits per heavy atom. The van der Waals surface area contributed by atoms with Crippen molar-refractivity contribution in [3.05, 3.63) is 35.4 Å². The molecule has 0 aliphatic carbocycles. The quantitative estimate of drug-likeness (QED) is 0.873. The monoisotopic (exact) mass is 234 g/mol. The Labute approximate surface area is 89.5 Å². The molecule has 0 aliphatic rings. The van der Waals surface area contributed by atoms with Gasteiger partial charge in [0.25, 0.3) is 0 Å². The van der Waals surface area contributed by atoms with Crippen LogP contribution in [0.25, 0.3) is 0 Å². The summed E-state index contributed by atoms with van der Waals surface area (Å²) in [6.45, 7) is 0. The van der Waals surface area contributed by atoms with Crippen LogP contribution in [0.15, 0.2) is 24.3 Å². The summed E-state index contributed by atoms with van der Waals surface area (Å²) in [5.41, 5.74) is -0.932. The first-order valence-electron chi connectivity index (χ1n) is 4.29. The van der Waals surface area contributed by atoms with Crippen molar-refractivity contribution in [1.29, 1.82) is 0 Å². The predicted molar refractivity (Wildman–Crippen MR) is 48.8 cm³/mol. The van der Waals surface area contributed by atoms with E-state index in [9.17, 15) is 18.0 Å². The zero-order valence-electron chi connectivity index (χ0n) is 8.28. The fourth-order valence-electron chi connectivity index (χ4n) is 1.26. The number of rotatable bonds is 3. The normalized spacial score (nSPS) is 13.5. The van der Waals surface area contributed by atoms with Crippen molar-refractivity contribution in [2.75, 3.05) is 7.11 Å². The van der Waals surface area contributed by atoms with Gasteiger partial charge < -0.3 is 9.84 Å². The van der Waals surface area contributed by atoms with Crippen LogP contribution < -0.4 is 0 Å². The molecule has 1 aromatic rings. The number of halogens is 3. The fourth-order valence-corrected chi connectivity index (χ4v) is 1.26. The molecule has 0 saturated carbocycles. The summed E-state index contributed by atoms with van der Waals surface area (Å²) >= 11 is 0. The molecule has 16 heavy (non-hydrogen) atoms. The number of carboxylic acid groups (broad SMARTS) is 1. The molecule has 3 nitrogen and oxygen atoms in total. The van der Waals surface area contributed by atoms with Crippen LogP contribution in [0, 0.1) is 0 Å². The molecule has 88 valence electrons. The number of aliphatic carboxylic acids is 1. The molecule has 0 aromatic heterocycles. The molecular weight excluding hydrogens is 225 g/mol. The molecule has 1 aromatic carbocycles. The third-order valence-corrected chi connectivity index (χ3v) is 1.98. The lowest BCUT2D eigenvalue weighted by Gasteiger charge is -2.13. The van der Waals surface area contributed by atoms with Crippen molar-refractivity contribution >= 4 is 5.97 Å². The van der Waals surface area contributed by atoms with E-state index in [0.29, 0.717) is 0 Å². The zero-order valence-corrected chi connectivity index (χ0v) is 8.28. The van der Waals surface area contributed by atoms with Crippen molar-refractivity contribution in [3.63, 3.8) is 0 Å². The Morgan fingerprint density at radius 3 is 2.50 bits per heavy atom. The second kappa shape index (κ2) is 4.52. The number of benzene rings is 1. The van der Waals surface area contributed by atoms with Gasteiger partial charge in [0, 0.05) is 7.11 Å². The number of ether oxygens (including phenoxy) is 1. The first kappa shape index (κ1) is 12.5. The van der Waals surface area contributed by atoms with Gasteiger partial charge in [-0.1, -0.05) is 12.1 Å². The Kier molecular flexibility index (Phi) is 3.54. The van der Waals surface area contributed by atoms with E-state index in [-0.39, 0.29) is 5.56 Å². The van der Waals surface area contributed by atoms with Crippen LogP contribution in [-0.4, -0.2) is 18.2 Å². The number of hydrogen-bond donors (Lipinski definition) is 1. The molecule has 6 heteroatoms. The molecule has 0 saturated heterocycles. The number of methoxy groups -OCH3 is 1. The maximum Gasteiger partial charge on any atom is 0.416 e. The van der Waals surface area contributed by atoms with Crippen molar-refractivity contribution in [2.24, 2.45) is 0 Å². The first-order valence-corrected chi connectivity index (χ1v) is 4.29. The first-order chi connectivity index (χ1) is 7.36. The molecule has 0 bridgehead atoms. The van der Waals surface area contributed by atoms with Gasteiger partial charge in [0.1, 0.15) is 0 Å².